The van der Waals surface area contributed by atoms with Crippen molar-refractivity contribution >= 4 is 11.8 Å². The van der Waals surface area contributed by atoms with Gasteiger partial charge in [0.05, 0.1) is 31.8 Å². The summed E-state index contributed by atoms with van der Waals surface area (Å²) < 4.78 is 5.41. The second kappa shape index (κ2) is 9.32. The number of rotatable bonds is 7. The van der Waals surface area contributed by atoms with E-state index in [4.69, 9.17) is 4.74 Å². The van der Waals surface area contributed by atoms with Crippen molar-refractivity contribution in [2.24, 2.45) is 0 Å². The van der Waals surface area contributed by atoms with Gasteiger partial charge in [-0.1, -0.05) is 24.3 Å². The van der Waals surface area contributed by atoms with Gasteiger partial charge in [0.15, 0.2) is 0 Å². The first kappa shape index (κ1) is 19.8. The maximum Gasteiger partial charge on any atom is 0.237 e. The van der Waals surface area contributed by atoms with Crippen LogP contribution in [0.15, 0.2) is 42.5 Å². The molecule has 1 fully saturated rings. The van der Waals surface area contributed by atoms with Crippen molar-refractivity contribution in [3.63, 3.8) is 0 Å². The molecule has 0 bridgehead atoms. The van der Waals surface area contributed by atoms with E-state index in [9.17, 15) is 9.59 Å². The number of carbonyl (C=O) groups is 2. The van der Waals surface area contributed by atoms with Crippen molar-refractivity contribution in [1.29, 1.82) is 0 Å². The zero-order valence-electron chi connectivity index (χ0n) is 16.3. The maximum atomic E-state index is 12.5. The average Bonchev–Trinajstić information content (AvgIpc) is 2.69. The van der Waals surface area contributed by atoms with Crippen LogP contribution in [0, 0.1) is 6.92 Å². The Morgan fingerprint density at radius 3 is 2.89 bits per heavy atom. The molecule has 1 aromatic carbocycles. The molecular formula is C21H26N4O3. The van der Waals surface area contributed by atoms with Gasteiger partial charge in [0, 0.05) is 30.9 Å². The van der Waals surface area contributed by atoms with Gasteiger partial charge in [-0.25, -0.2) is 0 Å². The number of aromatic nitrogens is 1. The molecule has 148 valence electrons. The van der Waals surface area contributed by atoms with E-state index in [1.54, 1.807) is 7.11 Å². The van der Waals surface area contributed by atoms with Gasteiger partial charge >= 0.3 is 0 Å². The molecule has 28 heavy (non-hydrogen) atoms. The second-order valence-electron chi connectivity index (χ2n) is 6.84. The summed E-state index contributed by atoms with van der Waals surface area (Å²) in [7, 11) is 1.63. The SMILES string of the molecule is COc1ccccc1CN1CCNC(=O)C1CC(=O)NCc1cccc(C)n1. The fourth-order valence-corrected chi connectivity index (χ4v) is 3.36. The van der Waals surface area contributed by atoms with Crippen LogP contribution in [0.2, 0.25) is 0 Å². The van der Waals surface area contributed by atoms with Gasteiger partial charge in [0.1, 0.15) is 5.75 Å². The maximum absolute atomic E-state index is 12.5. The molecule has 3 rings (SSSR count). The van der Waals surface area contributed by atoms with Crippen molar-refractivity contribution in [1.82, 2.24) is 20.5 Å². The number of pyridine rings is 1. The highest BCUT2D eigenvalue weighted by Gasteiger charge is 2.32. The molecule has 1 aromatic heterocycles. The average molecular weight is 382 g/mol. The smallest absolute Gasteiger partial charge is 0.237 e. The number of piperazine rings is 1. The van der Waals surface area contributed by atoms with Crippen LogP contribution in [0.3, 0.4) is 0 Å². The standard InChI is InChI=1S/C21H26N4O3/c1-15-6-5-8-17(24-15)13-23-20(26)12-18-21(27)22-10-11-25(18)14-16-7-3-4-9-19(16)28-2/h3-9,18H,10-14H2,1-2H3,(H,22,27)(H,23,26). The van der Waals surface area contributed by atoms with Crippen molar-refractivity contribution in [2.45, 2.75) is 32.5 Å². The number of nitrogens with zero attached hydrogens (tertiary/aromatic N) is 2. The molecule has 2 N–H and O–H groups in total. The van der Waals surface area contributed by atoms with E-state index in [1.807, 2.05) is 54.3 Å². The Kier molecular flexibility index (Phi) is 6.60. The highest BCUT2D eigenvalue weighted by atomic mass is 16.5. The Balaban J connectivity index is 1.63. The molecular weight excluding hydrogens is 356 g/mol. The summed E-state index contributed by atoms with van der Waals surface area (Å²) in [5.41, 5.74) is 2.70. The number of aryl methyl sites for hydroxylation is 1. The van der Waals surface area contributed by atoms with Gasteiger partial charge < -0.3 is 15.4 Å². The summed E-state index contributed by atoms with van der Waals surface area (Å²) in [5.74, 6) is 0.488. The minimum atomic E-state index is -0.510. The molecule has 1 unspecified atom stereocenters. The molecule has 1 atom stereocenters. The summed E-state index contributed by atoms with van der Waals surface area (Å²) in [6.45, 7) is 4.06. The molecule has 0 spiro atoms. The van der Waals surface area contributed by atoms with Crippen molar-refractivity contribution < 1.29 is 14.3 Å². The third kappa shape index (κ3) is 5.07. The van der Waals surface area contributed by atoms with Gasteiger partial charge in [-0.3, -0.25) is 19.5 Å². The number of nitrogens with one attached hydrogen (secondary N) is 2. The monoisotopic (exact) mass is 382 g/mol. The third-order valence-corrected chi connectivity index (χ3v) is 4.80. The van der Waals surface area contributed by atoms with Gasteiger partial charge in [-0.05, 0) is 25.1 Å². The summed E-state index contributed by atoms with van der Waals surface area (Å²) in [6.07, 6.45) is 0.104. The van der Waals surface area contributed by atoms with Gasteiger partial charge in [-0.2, -0.15) is 0 Å². The number of ether oxygens (including phenoxy) is 1. The van der Waals surface area contributed by atoms with E-state index in [-0.39, 0.29) is 18.2 Å². The number of para-hydroxylation sites is 1. The Morgan fingerprint density at radius 2 is 2.11 bits per heavy atom. The fourth-order valence-electron chi connectivity index (χ4n) is 3.36. The Bertz CT molecular complexity index is 840. The van der Waals surface area contributed by atoms with Crippen LogP contribution in [0.5, 0.6) is 5.75 Å². The van der Waals surface area contributed by atoms with E-state index >= 15 is 0 Å². The number of benzene rings is 1. The lowest BCUT2D eigenvalue weighted by Crippen LogP contribution is -2.56. The highest BCUT2D eigenvalue weighted by Crippen LogP contribution is 2.22. The fraction of sp³-hybridized carbons (Fsp3) is 0.381. The lowest BCUT2D eigenvalue weighted by molar-refractivity contribution is -0.134. The number of hydrogen-bond donors (Lipinski definition) is 2. The number of methoxy groups -OCH3 is 1. The van der Waals surface area contributed by atoms with Gasteiger partial charge in [0.2, 0.25) is 11.8 Å². The topological polar surface area (TPSA) is 83.6 Å². The molecule has 1 saturated heterocycles. The third-order valence-electron chi connectivity index (χ3n) is 4.80. The predicted molar refractivity (Wildman–Crippen MR) is 106 cm³/mol. The molecule has 0 aliphatic carbocycles. The van der Waals surface area contributed by atoms with Crippen LogP contribution < -0.4 is 15.4 Å². The first-order chi connectivity index (χ1) is 13.6. The van der Waals surface area contributed by atoms with E-state index in [1.165, 1.54) is 0 Å². The summed E-state index contributed by atoms with van der Waals surface area (Å²) in [4.78, 5) is 31.3. The molecule has 2 amide bonds. The summed E-state index contributed by atoms with van der Waals surface area (Å²) in [5, 5.41) is 5.73. The number of carbonyl (C=O) groups excluding carboxylic acids is 2. The van der Waals surface area contributed by atoms with Crippen molar-refractivity contribution in [3.05, 3.63) is 59.4 Å². The van der Waals surface area contributed by atoms with E-state index in [0.29, 0.717) is 26.2 Å². The summed E-state index contributed by atoms with van der Waals surface area (Å²) in [6, 6.07) is 12.9. The van der Waals surface area contributed by atoms with Gasteiger partial charge in [-0.15, -0.1) is 0 Å². The van der Waals surface area contributed by atoms with Crippen LogP contribution in [-0.2, 0) is 22.7 Å². The lowest BCUT2D eigenvalue weighted by atomic mass is 10.1. The zero-order valence-corrected chi connectivity index (χ0v) is 16.3. The number of hydrogen-bond acceptors (Lipinski definition) is 5. The largest absolute Gasteiger partial charge is 0.496 e. The van der Waals surface area contributed by atoms with Crippen molar-refractivity contribution in [3.8, 4) is 5.75 Å². The number of amides is 2. The molecule has 7 heteroatoms. The quantitative estimate of drug-likeness (QED) is 0.756. The van der Waals surface area contributed by atoms with E-state index in [0.717, 1.165) is 22.7 Å². The summed E-state index contributed by atoms with van der Waals surface area (Å²) >= 11 is 0. The molecule has 2 heterocycles. The van der Waals surface area contributed by atoms with Crippen LogP contribution in [-0.4, -0.2) is 47.9 Å². The molecule has 0 radical (unpaired) electrons. The molecule has 2 aromatic rings. The Labute approximate surface area is 165 Å². The minimum absolute atomic E-state index is 0.104. The van der Waals surface area contributed by atoms with Crippen LogP contribution in [0.4, 0.5) is 0 Å². The Hall–Kier alpha value is -2.93. The first-order valence-corrected chi connectivity index (χ1v) is 9.39. The lowest BCUT2D eigenvalue weighted by Gasteiger charge is -2.35. The molecule has 1 aliphatic rings. The molecule has 1 aliphatic heterocycles. The van der Waals surface area contributed by atoms with E-state index in [2.05, 4.69) is 15.6 Å². The van der Waals surface area contributed by atoms with Crippen LogP contribution >= 0.6 is 0 Å². The minimum Gasteiger partial charge on any atom is -0.496 e. The van der Waals surface area contributed by atoms with Gasteiger partial charge in [0.25, 0.3) is 0 Å². The van der Waals surface area contributed by atoms with Crippen molar-refractivity contribution in [2.75, 3.05) is 20.2 Å². The molecule has 7 nitrogen and oxygen atoms in total. The first-order valence-electron chi connectivity index (χ1n) is 9.39. The highest BCUT2D eigenvalue weighted by molar-refractivity contribution is 5.88. The Morgan fingerprint density at radius 1 is 1.29 bits per heavy atom. The normalized spacial score (nSPS) is 17.1. The van der Waals surface area contributed by atoms with E-state index < -0.39 is 6.04 Å². The second-order valence-corrected chi connectivity index (χ2v) is 6.84. The van der Waals surface area contributed by atoms with Crippen LogP contribution in [0.25, 0.3) is 0 Å². The van der Waals surface area contributed by atoms with Crippen LogP contribution in [0.1, 0.15) is 23.4 Å². The molecule has 0 saturated carbocycles. The predicted octanol–water partition coefficient (Wildman–Crippen LogP) is 1.41. The zero-order chi connectivity index (χ0) is 19.9.